The summed E-state index contributed by atoms with van der Waals surface area (Å²) in [7, 11) is 3.09. The fraction of sp³-hybridized carbons (Fsp3) is 0.500. The molecule has 0 aliphatic carbocycles. The van der Waals surface area contributed by atoms with E-state index in [4.69, 9.17) is 14.2 Å². The average Bonchev–Trinajstić information content (AvgIpc) is 2.65. The van der Waals surface area contributed by atoms with E-state index in [2.05, 4.69) is 17.6 Å². The van der Waals surface area contributed by atoms with E-state index in [9.17, 15) is 9.59 Å². The molecular weight excluding hydrogens is 348 g/mol. The molecular formula is C20H28N2O5. The number of rotatable bonds is 8. The number of benzene rings is 1. The predicted molar refractivity (Wildman–Crippen MR) is 102 cm³/mol. The molecule has 2 N–H and O–H groups in total. The minimum Gasteiger partial charge on any atom is -0.497 e. The van der Waals surface area contributed by atoms with Crippen molar-refractivity contribution in [3.8, 4) is 11.5 Å². The Balaban J connectivity index is 2.37. The van der Waals surface area contributed by atoms with Gasteiger partial charge in [0.2, 0.25) is 0 Å². The molecule has 148 valence electrons. The Hall–Kier alpha value is -2.70. The summed E-state index contributed by atoms with van der Waals surface area (Å²) in [4.78, 5) is 24.9. The van der Waals surface area contributed by atoms with Gasteiger partial charge in [-0.05, 0) is 37.5 Å². The van der Waals surface area contributed by atoms with Crippen LogP contribution in [0.1, 0.15) is 45.2 Å². The number of nitrogens with one attached hydrogen (secondary N) is 2. The number of allylic oxidation sites excluding steroid dienone is 1. The first-order chi connectivity index (χ1) is 12.9. The second-order valence-corrected chi connectivity index (χ2v) is 6.67. The largest absolute Gasteiger partial charge is 0.497 e. The molecule has 0 unspecified atom stereocenters. The first-order valence-corrected chi connectivity index (χ1v) is 9.08. The Labute approximate surface area is 160 Å². The highest BCUT2D eigenvalue weighted by molar-refractivity contribution is 5.95. The summed E-state index contributed by atoms with van der Waals surface area (Å²) in [6.45, 7) is 6.15. The number of urea groups is 1. The van der Waals surface area contributed by atoms with E-state index in [1.54, 1.807) is 32.2 Å². The smallest absolute Gasteiger partial charge is 0.338 e. The molecule has 2 rings (SSSR count). The van der Waals surface area contributed by atoms with Gasteiger partial charge in [0.15, 0.2) is 0 Å². The van der Waals surface area contributed by atoms with Gasteiger partial charge < -0.3 is 24.8 Å². The van der Waals surface area contributed by atoms with Crippen molar-refractivity contribution in [2.75, 3.05) is 20.8 Å². The third-order valence-electron chi connectivity index (χ3n) is 4.52. The molecule has 0 saturated heterocycles. The van der Waals surface area contributed by atoms with E-state index in [0.29, 0.717) is 34.9 Å². The molecule has 0 aromatic heterocycles. The number of carbonyl (C=O) groups excluding carboxylic acids is 2. The first-order valence-electron chi connectivity index (χ1n) is 9.08. The molecule has 0 saturated carbocycles. The molecule has 27 heavy (non-hydrogen) atoms. The molecule has 2 amide bonds. The molecule has 1 heterocycles. The Morgan fingerprint density at radius 1 is 1.26 bits per heavy atom. The van der Waals surface area contributed by atoms with Crippen molar-refractivity contribution in [3.05, 3.63) is 35.0 Å². The van der Waals surface area contributed by atoms with Crippen LogP contribution in [-0.4, -0.2) is 32.8 Å². The number of hydrogen-bond donors (Lipinski definition) is 2. The lowest BCUT2D eigenvalue weighted by molar-refractivity contribution is -0.140. The number of methoxy groups -OCH3 is 2. The van der Waals surface area contributed by atoms with E-state index in [0.717, 1.165) is 12.8 Å². The lowest BCUT2D eigenvalue weighted by Gasteiger charge is -2.29. The lowest BCUT2D eigenvalue weighted by Crippen LogP contribution is -2.45. The number of ether oxygens (including phenoxy) is 3. The summed E-state index contributed by atoms with van der Waals surface area (Å²) in [6, 6.07) is 4.15. The maximum absolute atomic E-state index is 12.8. The quantitative estimate of drug-likeness (QED) is 0.680. The van der Waals surface area contributed by atoms with E-state index in [-0.39, 0.29) is 5.92 Å². The molecule has 1 aromatic carbocycles. The highest BCUT2D eigenvalue weighted by Gasteiger charge is 2.34. The van der Waals surface area contributed by atoms with Crippen LogP contribution in [0, 0.1) is 5.92 Å². The molecule has 0 fully saturated rings. The van der Waals surface area contributed by atoms with Gasteiger partial charge in [-0.25, -0.2) is 9.59 Å². The van der Waals surface area contributed by atoms with E-state index < -0.39 is 18.0 Å². The number of hydrogen-bond acceptors (Lipinski definition) is 5. The van der Waals surface area contributed by atoms with Crippen molar-refractivity contribution >= 4 is 12.0 Å². The molecule has 0 bridgehead atoms. The van der Waals surface area contributed by atoms with Crippen molar-refractivity contribution < 1.29 is 23.8 Å². The minimum atomic E-state index is -0.696. The Morgan fingerprint density at radius 3 is 2.63 bits per heavy atom. The lowest BCUT2D eigenvalue weighted by atomic mass is 9.94. The van der Waals surface area contributed by atoms with Gasteiger partial charge in [-0.1, -0.05) is 20.3 Å². The highest BCUT2D eigenvalue weighted by atomic mass is 16.5. The highest BCUT2D eigenvalue weighted by Crippen LogP contribution is 2.35. The Kier molecular flexibility index (Phi) is 7.10. The van der Waals surface area contributed by atoms with E-state index in [1.807, 2.05) is 6.92 Å². The van der Waals surface area contributed by atoms with Crippen LogP contribution < -0.4 is 20.1 Å². The molecule has 7 heteroatoms. The third kappa shape index (κ3) is 4.93. The number of amides is 2. The third-order valence-corrected chi connectivity index (χ3v) is 4.52. The standard InChI is InChI=1S/C20H28N2O5/c1-6-7-12(2)11-27-19(23)17-13(3)21-20(24)22-18(17)15-10-14(25-4)8-9-16(15)26-5/h8-10,12,18H,6-7,11H2,1-5H3,(H2,21,22,24)/t12-,18-/m0/s1. The normalized spacial score (nSPS) is 17.7. The number of carbonyl (C=O) groups is 2. The molecule has 1 aliphatic rings. The van der Waals surface area contributed by atoms with Gasteiger partial charge in [-0.15, -0.1) is 0 Å². The zero-order chi connectivity index (χ0) is 20.0. The van der Waals surface area contributed by atoms with Gasteiger partial charge in [-0.2, -0.15) is 0 Å². The van der Waals surface area contributed by atoms with Crippen molar-refractivity contribution in [2.45, 2.75) is 39.7 Å². The molecule has 0 spiro atoms. The first kappa shape index (κ1) is 20.6. The second-order valence-electron chi connectivity index (χ2n) is 6.67. The zero-order valence-corrected chi connectivity index (χ0v) is 16.5. The van der Waals surface area contributed by atoms with Crippen molar-refractivity contribution in [1.82, 2.24) is 10.6 Å². The predicted octanol–water partition coefficient (Wildman–Crippen LogP) is 3.31. The maximum atomic E-state index is 12.8. The summed E-state index contributed by atoms with van der Waals surface area (Å²) in [5.74, 6) is 0.953. The van der Waals surface area contributed by atoms with Gasteiger partial charge in [0.25, 0.3) is 0 Å². The van der Waals surface area contributed by atoms with Crippen LogP contribution in [0.3, 0.4) is 0 Å². The summed E-state index contributed by atoms with van der Waals surface area (Å²) in [5, 5.41) is 5.43. The van der Waals surface area contributed by atoms with Gasteiger partial charge in [0, 0.05) is 11.3 Å². The van der Waals surface area contributed by atoms with Crippen LogP contribution in [0.25, 0.3) is 0 Å². The molecule has 2 atom stereocenters. The van der Waals surface area contributed by atoms with Gasteiger partial charge >= 0.3 is 12.0 Å². The van der Waals surface area contributed by atoms with Crippen molar-refractivity contribution in [1.29, 1.82) is 0 Å². The average molecular weight is 376 g/mol. The monoisotopic (exact) mass is 376 g/mol. The number of esters is 1. The fourth-order valence-electron chi connectivity index (χ4n) is 3.13. The second kappa shape index (κ2) is 9.30. The minimum absolute atomic E-state index is 0.274. The zero-order valence-electron chi connectivity index (χ0n) is 16.5. The van der Waals surface area contributed by atoms with Crippen molar-refractivity contribution in [2.24, 2.45) is 5.92 Å². The topological polar surface area (TPSA) is 85.9 Å². The Bertz CT molecular complexity index is 729. The fourth-order valence-corrected chi connectivity index (χ4v) is 3.13. The van der Waals surface area contributed by atoms with Crippen LogP contribution in [-0.2, 0) is 9.53 Å². The summed E-state index contributed by atoms with van der Waals surface area (Å²) in [5.41, 5.74) is 1.44. The van der Waals surface area contributed by atoms with Gasteiger partial charge in [0.05, 0.1) is 32.4 Å². The molecule has 7 nitrogen and oxygen atoms in total. The van der Waals surface area contributed by atoms with Crippen LogP contribution in [0.2, 0.25) is 0 Å². The van der Waals surface area contributed by atoms with E-state index >= 15 is 0 Å². The summed E-state index contributed by atoms with van der Waals surface area (Å²) in [6.07, 6.45) is 2.01. The van der Waals surface area contributed by atoms with Crippen LogP contribution >= 0.6 is 0 Å². The van der Waals surface area contributed by atoms with Crippen LogP contribution in [0.15, 0.2) is 29.5 Å². The SMILES string of the molecule is CCC[C@H](C)COC(=O)C1=C(C)NC(=O)N[C@H]1c1cc(OC)ccc1OC. The Morgan fingerprint density at radius 2 is 2.00 bits per heavy atom. The van der Waals surface area contributed by atoms with Gasteiger partial charge in [-0.3, -0.25) is 0 Å². The van der Waals surface area contributed by atoms with Crippen LogP contribution in [0.5, 0.6) is 11.5 Å². The summed E-state index contributed by atoms with van der Waals surface area (Å²) < 4.78 is 16.2. The molecule has 0 radical (unpaired) electrons. The molecule has 1 aliphatic heterocycles. The van der Waals surface area contributed by atoms with Gasteiger partial charge in [0.1, 0.15) is 11.5 Å². The van der Waals surface area contributed by atoms with Crippen LogP contribution in [0.4, 0.5) is 4.79 Å². The van der Waals surface area contributed by atoms with Crippen molar-refractivity contribution in [3.63, 3.8) is 0 Å². The molecule has 1 aromatic rings. The van der Waals surface area contributed by atoms with E-state index in [1.165, 1.54) is 7.11 Å². The summed E-state index contributed by atoms with van der Waals surface area (Å²) >= 11 is 0. The maximum Gasteiger partial charge on any atom is 0.338 e.